The van der Waals surface area contributed by atoms with E-state index in [0.29, 0.717) is 11.4 Å². The second-order valence-corrected chi connectivity index (χ2v) is 5.78. The number of benzene rings is 3. The summed E-state index contributed by atoms with van der Waals surface area (Å²) in [4.78, 5) is 1.48. The van der Waals surface area contributed by atoms with Gasteiger partial charge in [-0.15, -0.1) is 0 Å². The normalized spacial score (nSPS) is 10.7. The molecule has 134 valence electrons. The van der Waals surface area contributed by atoms with Crippen molar-refractivity contribution in [1.82, 2.24) is 0 Å². The number of phenols is 5. The standard InChI is InChI=1S/C20H19NO5/c1-2-12-8-10-14(11-9-12)21(13-6-4-3-5-7-13)15-16(22)18(24)20(26)19(25)17(15)23/h3-11,22-26H,2H2,1H3. The Morgan fingerprint density at radius 3 is 1.58 bits per heavy atom. The molecule has 0 spiro atoms. The minimum Gasteiger partial charge on any atom is -0.503 e. The first-order valence-electron chi connectivity index (χ1n) is 8.08. The summed E-state index contributed by atoms with van der Waals surface area (Å²) < 4.78 is 0. The summed E-state index contributed by atoms with van der Waals surface area (Å²) in [5, 5.41) is 50.2. The fourth-order valence-electron chi connectivity index (χ4n) is 2.75. The van der Waals surface area contributed by atoms with Gasteiger partial charge in [0.1, 0.15) is 5.69 Å². The van der Waals surface area contributed by atoms with E-state index in [4.69, 9.17) is 0 Å². The number of hydrogen-bond donors (Lipinski definition) is 5. The molecule has 0 radical (unpaired) electrons. The predicted octanol–water partition coefficient (Wildman–Crippen LogP) is 4.25. The van der Waals surface area contributed by atoms with Gasteiger partial charge >= 0.3 is 0 Å². The molecule has 3 rings (SSSR count). The van der Waals surface area contributed by atoms with Crippen molar-refractivity contribution in [3.63, 3.8) is 0 Å². The summed E-state index contributed by atoms with van der Waals surface area (Å²) in [5.74, 6) is -4.32. The van der Waals surface area contributed by atoms with E-state index in [0.717, 1.165) is 12.0 Å². The molecule has 3 aromatic carbocycles. The molecule has 6 heteroatoms. The number of aromatic hydroxyl groups is 5. The average molecular weight is 353 g/mol. The number of phenolic OH excluding ortho intramolecular Hbond substituents is 5. The van der Waals surface area contributed by atoms with E-state index in [2.05, 4.69) is 0 Å². The molecule has 26 heavy (non-hydrogen) atoms. The zero-order valence-corrected chi connectivity index (χ0v) is 14.1. The third-order valence-electron chi connectivity index (χ3n) is 4.19. The molecule has 0 saturated carbocycles. The number of aryl methyl sites for hydroxylation is 1. The highest BCUT2D eigenvalue weighted by Gasteiger charge is 2.28. The van der Waals surface area contributed by atoms with E-state index >= 15 is 0 Å². The molecular weight excluding hydrogens is 334 g/mol. The Hall–Kier alpha value is -3.54. The van der Waals surface area contributed by atoms with Gasteiger partial charge in [-0.2, -0.15) is 0 Å². The molecule has 5 N–H and O–H groups in total. The molecule has 3 aromatic rings. The number of hydrogen-bond acceptors (Lipinski definition) is 6. The van der Waals surface area contributed by atoms with Gasteiger partial charge in [0.05, 0.1) is 0 Å². The number of nitrogens with zero attached hydrogens (tertiary/aromatic N) is 1. The maximum atomic E-state index is 10.4. The average Bonchev–Trinajstić information content (AvgIpc) is 2.69. The first-order chi connectivity index (χ1) is 12.5. The van der Waals surface area contributed by atoms with Crippen molar-refractivity contribution in [2.75, 3.05) is 4.90 Å². The molecular formula is C20H19NO5. The van der Waals surface area contributed by atoms with Gasteiger partial charge in [-0.3, -0.25) is 0 Å². The van der Waals surface area contributed by atoms with Crippen molar-refractivity contribution < 1.29 is 25.5 Å². The van der Waals surface area contributed by atoms with E-state index in [-0.39, 0.29) is 5.69 Å². The number of anilines is 3. The first-order valence-corrected chi connectivity index (χ1v) is 8.08. The van der Waals surface area contributed by atoms with Crippen LogP contribution in [0.4, 0.5) is 17.1 Å². The Bertz CT molecular complexity index is 894. The first kappa shape index (κ1) is 17.3. The lowest BCUT2D eigenvalue weighted by Gasteiger charge is -2.27. The van der Waals surface area contributed by atoms with Gasteiger partial charge in [0.15, 0.2) is 11.5 Å². The molecule has 0 atom stereocenters. The van der Waals surface area contributed by atoms with Crippen molar-refractivity contribution in [2.24, 2.45) is 0 Å². The smallest absolute Gasteiger partial charge is 0.208 e. The zero-order valence-electron chi connectivity index (χ0n) is 14.1. The highest BCUT2D eigenvalue weighted by molar-refractivity contribution is 5.89. The highest BCUT2D eigenvalue weighted by Crippen LogP contribution is 2.57. The Morgan fingerprint density at radius 2 is 1.08 bits per heavy atom. The van der Waals surface area contributed by atoms with Gasteiger partial charge in [-0.1, -0.05) is 37.3 Å². The lowest BCUT2D eigenvalue weighted by molar-refractivity contribution is 0.329. The van der Waals surface area contributed by atoms with Crippen LogP contribution in [0, 0.1) is 0 Å². The van der Waals surface area contributed by atoms with Gasteiger partial charge in [-0.25, -0.2) is 0 Å². The molecule has 0 aliphatic heterocycles. The Labute approximate surface area is 150 Å². The fourth-order valence-corrected chi connectivity index (χ4v) is 2.75. The zero-order chi connectivity index (χ0) is 18.8. The summed E-state index contributed by atoms with van der Waals surface area (Å²) in [6, 6.07) is 16.2. The van der Waals surface area contributed by atoms with E-state index in [9.17, 15) is 25.5 Å². The van der Waals surface area contributed by atoms with Crippen LogP contribution in [0.3, 0.4) is 0 Å². The van der Waals surface area contributed by atoms with Crippen molar-refractivity contribution in [3.05, 3.63) is 60.2 Å². The minimum atomic E-state index is -0.988. The van der Waals surface area contributed by atoms with Gasteiger partial charge < -0.3 is 30.4 Å². The van der Waals surface area contributed by atoms with Crippen molar-refractivity contribution in [1.29, 1.82) is 0 Å². The van der Waals surface area contributed by atoms with Crippen LogP contribution >= 0.6 is 0 Å². The fraction of sp³-hybridized carbons (Fsp3) is 0.100. The molecule has 0 heterocycles. The third-order valence-corrected chi connectivity index (χ3v) is 4.19. The lowest BCUT2D eigenvalue weighted by atomic mass is 10.1. The van der Waals surface area contributed by atoms with E-state index in [1.165, 1.54) is 4.90 Å². The van der Waals surface area contributed by atoms with Crippen LogP contribution in [-0.4, -0.2) is 25.5 Å². The summed E-state index contributed by atoms with van der Waals surface area (Å²) in [6.07, 6.45) is 0.850. The van der Waals surface area contributed by atoms with Crippen molar-refractivity contribution in [3.8, 4) is 28.7 Å². The second-order valence-electron chi connectivity index (χ2n) is 5.78. The minimum absolute atomic E-state index is 0.242. The number of para-hydroxylation sites is 1. The topological polar surface area (TPSA) is 104 Å². The van der Waals surface area contributed by atoms with E-state index < -0.39 is 28.7 Å². The molecule has 0 aliphatic carbocycles. The quantitative estimate of drug-likeness (QED) is 0.355. The van der Waals surface area contributed by atoms with Gasteiger partial charge in [0.2, 0.25) is 17.2 Å². The van der Waals surface area contributed by atoms with Crippen LogP contribution in [0.2, 0.25) is 0 Å². The maximum absolute atomic E-state index is 10.4. The highest BCUT2D eigenvalue weighted by atomic mass is 16.4. The van der Waals surface area contributed by atoms with Gasteiger partial charge in [-0.05, 0) is 36.2 Å². The van der Waals surface area contributed by atoms with Crippen LogP contribution in [0.15, 0.2) is 54.6 Å². The van der Waals surface area contributed by atoms with Gasteiger partial charge in [0, 0.05) is 11.4 Å². The molecule has 6 nitrogen and oxygen atoms in total. The summed E-state index contributed by atoms with van der Waals surface area (Å²) >= 11 is 0. The van der Waals surface area contributed by atoms with E-state index in [1.807, 2.05) is 25.1 Å². The summed E-state index contributed by atoms with van der Waals surface area (Å²) in [6.45, 7) is 2.03. The summed E-state index contributed by atoms with van der Waals surface area (Å²) in [5.41, 5.74) is 2.02. The second kappa shape index (κ2) is 6.76. The predicted molar refractivity (Wildman–Crippen MR) is 98.8 cm³/mol. The third kappa shape index (κ3) is 2.82. The van der Waals surface area contributed by atoms with Crippen LogP contribution in [0.25, 0.3) is 0 Å². The maximum Gasteiger partial charge on any atom is 0.208 e. The Morgan fingerprint density at radius 1 is 0.615 bits per heavy atom. The molecule has 0 saturated heterocycles. The molecule has 0 amide bonds. The Balaban J connectivity index is 2.29. The Kier molecular flexibility index (Phi) is 4.49. The van der Waals surface area contributed by atoms with Crippen LogP contribution in [-0.2, 0) is 6.42 Å². The van der Waals surface area contributed by atoms with E-state index in [1.54, 1.807) is 36.4 Å². The number of rotatable bonds is 4. The van der Waals surface area contributed by atoms with Crippen LogP contribution in [0.1, 0.15) is 12.5 Å². The lowest BCUT2D eigenvalue weighted by Crippen LogP contribution is -2.10. The van der Waals surface area contributed by atoms with Crippen LogP contribution in [0.5, 0.6) is 28.7 Å². The van der Waals surface area contributed by atoms with Crippen LogP contribution < -0.4 is 4.90 Å². The monoisotopic (exact) mass is 353 g/mol. The largest absolute Gasteiger partial charge is 0.503 e. The molecule has 0 aliphatic rings. The van der Waals surface area contributed by atoms with Crippen molar-refractivity contribution in [2.45, 2.75) is 13.3 Å². The SMILES string of the molecule is CCc1ccc(N(c2ccccc2)c2c(O)c(O)c(O)c(O)c2O)cc1. The summed E-state index contributed by atoms with van der Waals surface area (Å²) in [7, 11) is 0. The molecule has 0 unspecified atom stereocenters. The van der Waals surface area contributed by atoms with Gasteiger partial charge in [0.25, 0.3) is 0 Å². The molecule has 0 aromatic heterocycles. The van der Waals surface area contributed by atoms with Crippen molar-refractivity contribution >= 4 is 17.1 Å². The molecule has 0 bridgehead atoms. The molecule has 0 fully saturated rings.